The molecule has 0 atom stereocenters. The third-order valence-corrected chi connectivity index (χ3v) is 3.63. The van der Waals surface area contributed by atoms with Crippen LogP contribution in [0.3, 0.4) is 0 Å². The molecule has 2 aromatic rings. The van der Waals surface area contributed by atoms with Gasteiger partial charge in [-0.3, -0.25) is 4.79 Å². The number of anilines is 1. The van der Waals surface area contributed by atoms with Crippen molar-refractivity contribution in [2.24, 2.45) is 0 Å². The minimum Gasteiger partial charge on any atom is -0.319 e. The lowest BCUT2D eigenvalue weighted by Gasteiger charge is -2.08. The number of benzene rings is 1. The highest BCUT2D eigenvalue weighted by molar-refractivity contribution is 9.11. The summed E-state index contributed by atoms with van der Waals surface area (Å²) in [5, 5.41) is 2.97. The van der Waals surface area contributed by atoms with Crippen LogP contribution in [0.5, 0.6) is 0 Å². The van der Waals surface area contributed by atoms with E-state index in [-0.39, 0.29) is 11.1 Å². The van der Waals surface area contributed by atoms with Crippen molar-refractivity contribution in [3.8, 4) is 0 Å². The Bertz CT molecular complexity index is 604. The average molecular weight is 390 g/mol. The molecule has 0 saturated heterocycles. The molecule has 3 nitrogen and oxygen atoms in total. The quantitative estimate of drug-likeness (QED) is 0.767. The summed E-state index contributed by atoms with van der Waals surface area (Å²) < 4.78 is 1.60. The van der Waals surface area contributed by atoms with E-state index in [0.717, 1.165) is 4.47 Å². The Labute approximate surface area is 126 Å². The van der Waals surface area contributed by atoms with Crippen LogP contribution in [0.15, 0.2) is 45.5 Å². The van der Waals surface area contributed by atoms with Gasteiger partial charge in [-0.05, 0) is 46.3 Å². The van der Waals surface area contributed by atoms with Crippen LogP contribution >= 0.6 is 43.5 Å². The number of halogens is 3. The van der Waals surface area contributed by atoms with Gasteiger partial charge in [0.05, 0.1) is 11.3 Å². The number of amides is 1. The molecule has 0 aliphatic carbocycles. The first-order chi connectivity index (χ1) is 8.58. The number of carbonyl (C=O) groups is 1. The molecule has 1 aromatic heterocycles. The molecular formula is C12H7Br2ClN2O. The summed E-state index contributed by atoms with van der Waals surface area (Å²) in [6.07, 6.45) is 1.56. The molecule has 0 aliphatic heterocycles. The SMILES string of the molecule is O=C(Nc1cccnc1Cl)c1ccc(Br)cc1Br. The molecule has 0 bridgehead atoms. The van der Waals surface area contributed by atoms with Crippen molar-refractivity contribution >= 4 is 55.1 Å². The highest BCUT2D eigenvalue weighted by Gasteiger charge is 2.12. The van der Waals surface area contributed by atoms with Gasteiger partial charge in [0, 0.05) is 15.1 Å². The molecule has 18 heavy (non-hydrogen) atoms. The van der Waals surface area contributed by atoms with Crippen LogP contribution in [0.4, 0.5) is 5.69 Å². The van der Waals surface area contributed by atoms with Crippen molar-refractivity contribution in [2.45, 2.75) is 0 Å². The van der Waals surface area contributed by atoms with E-state index in [9.17, 15) is 4.79 Å². The molecule has 92 valence electrons. The van der Waals surface area contributed by atoms with Crippen molar-refractivity contribution in [3.05, 3.63) is 56.2 Å². The third-order valence-electron chi connectivity index (χ3n) is 2.18. The topological polar surface area (TPSA) is 42.0 Å². The summed E-state index contributed by atoms with van der Waals surface area (Å²) in [6, 6.07) is 8.72. The Morgan fingerprint density at radius 1 is 1.28 bits per heavy atom. The van der Waals surface area contributed by atoms with Crippen molar-refractivity contribution in [1.82, 2.24) is 4.98 Å². The molecule has 0 saturated carbocycles. The first-order valence-corrected chi connectivity index (χ1v) is 6.91. The number of carbonyl (C=O) groups excluding carboxylic acids is 1. The lowest BCUT2D eigenvalue weighted by Crippen LogP contribution is -2.13. The fourth-order valence-electron chi connectivity index (χ4n) is 1.34. The first kappa shape index (κ1) is 13.5. The van der Waals surface area contributed by atoms with Crippen LogP contribution in [0.1, 0.15) is 10.4 Å². The van der Waals surface area contributed by atoms with E-state index in [4.69, 9.17) is 11.6 Å². The van der Waals surface area contributed by atoms with Gasteiger partial charge < -0.3 is 5.32 Å². The minimum absolute atomic E-state index is 0.246. The van der Waals surface area contributed by atoms with Crippen molar-refractivity contribution in [3.63, 3.8) is 0 Å². The lowest BCUT2D eigenvalue weighted by atomic mass is 10.2. The van der Waals surface area contributed by atoms with E-state index in [1.807, 2.05) is 0 Å². The molecule has 0 spiro atoms. The van der Waals surface area contributed by atoms with Gasteiger partial charge in [0.15, 0.2) is 5.15 Å². The van der Waals surface area contributed by atoms with Crippen LogP contribution in [-0.2, 0) is 0 Å². The maximum Gasteiger partial charge on any atom is 0.256 e. The molecular weight excluding hydrogens is 383 g/mol. The highest BCUT2D eigenvalue weighted by Crippen LogP contribution is 2.24. The van der Waals surface area contributed by atoms with E-state index in [1.165, 1.54) is 0 Å². The third kappa shape index (κ3) is 3.10. The lowest BCUT2D eigenvalue weighted by molar-refractivity contribution is 0.102. The predicted octanol–water partition coefficient (Wildman–Crippen LogP) is 4.51. The van der Waals surface area contributed by atoms with Crippen LogP contribution < -0.4 is 5.32 Å². The molecule has 1 N–H and O–H groups in total. The van der Waals surface area contributed by atoms with Crippen LogP contribution in [0.2, 0.25) is 5.15 Å². The van der Waals surface area contributed by atoms with Gasteiger partial charge in [-0.1, -0.05) is 27.5 Å². The number of aromatic nitrogens is 1. The van der Waals surface area contributed by atoms with E-state index >= 15 is 0 Å². The minimum atomic E-state index is -0.246. The Balaban J connectivity index is 2.25. The van der Waals surface area contributed by atoms with Gasteiger partial charge in [-0.15, -0.1) is 0 Å². The number of nitrogens with zero attached hydrogens (tertiary/aromatic N) is 1. The molecule has 1 heterocycles. The molecule has 0 unspecified atom stereocenters. The normalized spacial score (nSPS) is 10.2. The Hall–Kier alpha value is -0.910. The Morgan fingerprint density at radius 2 is 2.06 bits per heavy atom. The van der Waals surface area contributed by atoms with Gasteiger partial charge in [0.25, 0.3) is 5.91 Å². The van der Waals surface area contributed by atoms with Crippen LogP contribution in [-0.4, -0.2) is 10.9 Å². The van der Waals surface area contributed by atoms with Crippen molar-refractivity contribution in [1.29, 1.82) is 0 Å². The van der Waals surface area contributed by atoms with Crippen LogP contribution in [0, 0.1) is 0 Å². The summed E-state index contributed by atoms with van der Waals surface area (Å²) in [7, 11) is 0. The van der Waals surface area contributed by atoms with E-state index in [0.29, 0.717) is 15.7 Å². The van der Waals surface area contributed by atoms with E-state index in [2.05, 4.69) is 42.2 Å². The summed E-state index contributed by atoms with van der Waals surface area (Å²) >= 11 is 12.5. The van der Waals surface area contributed by atoms with Gasteiger partial charge in [-0.25, -0.2) is 4.98 Å². The Kier molecular flexibility index (Phi) is 4.37. The van der Waals surface area contributed by atoms with Crippen molar-refractivity contribution < 1.29 is 4.79 Å². The zero-order valence-electron chi connectivity index (χ0n) is 8.95. The fourth-order valence-corrected chi connectivity index (χ4v) is 2.74. The fraction of sp³-hybridized carbons (Fsp3) is 0. The number of hydrogen-bond donors (Lipinski definition) is 1. The summed E-state index contributed by atoms with van der Waals surface area (Å²) in [6.45, 7) is 0. The Morgan fingerprint density at radius 3 is 2.72 bits per heavy atom. The number of pyridine rings is 1. The maximum atomic E-state index is 12.1. The molecule has 0 radical (unpaired) electrons. The maximum absolute atomic E-state index is 12.1. The van der Waals surface area contributed by atoms with Crippen LogP contribution in [0.25, 0.3) is 0 Å². The second-order valence-corrected chi connectivity index (χ2v) is 5.55. The molecule has 1 aromatic carbocycles. The van der Waals surface area contributed by atoms with Crippen molar-refractivity contribution in [2.75, 3.05) is 5.32 Å². The number of rotatable bonds is 2. The predicted molar refractivity (Wildman–Crippen MR) is 79.0 cm³/mol. The monoisotopic (exact) mass is 388 g/mol. The smallest absolute Gasteiger partial charge is 0.256 e. The zero-order chi connectivity index (χ0) is 13.1. The van der Waals surface area contributed by atoms with Gasteiger partial charge in [0.1, 0.15) is 0 Å². The second kappa shape index (κ2) is 5.82. The molecule has 0 aliphatic rings. The summed E-state index contributed by atoms with van der Waals surface area (Å²) in [4.78, 5) is 15.9. The summed E-state index contributed by atoms with van der Waals surface area (Å²) in [5.41, 5.74) is 1.01. The zero-order valence-corrected chi connectivity index (χ0v) is 12.9. The number of hydrogen-bond acceptors (Lipinski definition) is 2. The highest BCUT2D eigenvalue weighted by atomic mass is 79.9. The van der Waals surface area contributed by atoms with E-state index < -0.39 is 0 Å². The molecule has 0 fully saturated rings. The molecule has 1 amide bonds. The molecule has 2 rings (SSSR count). The van der Waals surface area contributed by atoms with Gasteiger partial charge >= 0.3 is 0 Å². The van der Waals surface area contributed by atoms with E-state index in [1.54, 1.807) is 36.5 Å². The first-order valence-electron chi connectivity index (χ1n) is 4.95. The van der Waals surface area contributed by atoms with Gasteiger partial charge in [0.2, 0.25) is 0 Å². The average Bonchev–Trinajstić information content (AvgIpc) is 2.32. The van der Waals surface area contributed by atoms with Gasteiger partial charge in [-0.2, -0.15) is 0 Å². The second-order valence-electron chi connectivity index (χ2n) is 3.42. The summed E-state index contributed by atoms with van der Waals surface area (Å²) in [5.74, 6) is -0.246. The number of nitrogens with one attached hydrogen (secondary N) is 1. The standard InChI is InChI=1S/C12H7Br2ClN2O/c13-7-3-4-8(9(14)6-7)12(18)17-10-2-1-5-16-11(10)15/h1-6H,(H,17,18). The molecule has 6 heteroatoms. The largest absolute Gasteiger partial charge is 0.319 e.